The van der Waals surface area contributed by atoms with Crippen LogP contribution in [0, 0.1) is 13.8 Å². The Balaban J connectivity index is 2.23. The van der Waals surface area contributed by atoms with Gasteiger partial charge in [-0.3, -0.25) is 10.1 Å². The summed E-state index contributed by atoms with van der Waals surface area (Å²) in [5.41, 5.74) is 1.51. The molecule has 2 aromatic rings. The lowest BCUT2D eigenvalue weighted by Crippen LogP contribution is -2.13. The zero-order valence-electron chi connectivity index (χ0n) is 10.4. The van der Waals surface area contributed by atoms with Crippen LogP contribution in [0.15, 0.2) is 27.6 Å². The molecule has 1 amide bonds. The van der Waals surface area contributed by atoms with Gasteiger partial charge in [-0.15, -0.1) is 11.8 Å². The maximum absolute atomic E-state index is 12.1. The standard InChI is InChI=1S/C12H13N3O2S/c1-7-4-5-9(18-3)6-10(7)11(16)14-12-13-8(2)15-17-12/h4-6H,1-3H3,(H,13,14,15,16). The molecule has 0 unspecified atom stereocenters. The lowest BCUT2D eigenvalue weighted by molar-refractivity contribution is 0.102. The maximum Gasteiger partial charge on any atom is 0.328 e. The van der Waals surface area contributed by atoms with Crippen molar-refractivity contribution in [3.63, 3.8) is 0 Å². The van der Waals surface area contributed by atoms with Crippen LogP contribution < -0.4 is 5.32 Å². The number of thioether (sulfide) groups is 1. The number of carbonyl (C=O) groups is 1. The van der Waals surface area contributed by atoms with Crippen LogP contribution in [0.4, 0.5) is 6.01 Å². The molecule has 1 heterocycles. The summed E-state index contributed by atoms with van der Waals surface area (Å²) in [6, 6.07) is 5.86. The second-order valence-corrected chi connectivity index (χ2v) is 4.66. The third-order valence-corrected chi connectivity index (χ3v) is 3.16. The molecule has 0 radical (unpaired) electrons. The predicted octanol–water partition coefficient (Wildman–Crippen LogP) is 2.66. The molecule has 1 aromatic heterocycles. The van der Waals surface area contributed by atoms with Gasteiger partial charge < -0.3 is 4.52 Å². The number of hydrogen-bond acceptors (Lipinski definition) is 5. The number of aryl methyl sites for hydroxylation is 2. The highest BCUT2D eigenvalue weighted by Crippen LogP contribution is 2.19. The van der Waals surface area contributed by atoms with E-state index in [-0.39, 0.29) is 11.9 Å². The maximum atomic E-state index is 12.1. The summed E-state index contributed by atoms with van der Waals surface area (Å²) in [5.74, 6) is 0.243. The van der Waals surface area contributed by atoms with Crippen molar-refractivity contribution in [3.05, 3.63) is 35.2 Å². The monoisotopic (exact) mass is 263 g/mol. The molecule has 0 aliphatic heterocycles. The summed E-state index contributed by atoms with van der Waals surface area (Å²) < 4.78 is 4.85. The van der Waals surface area contributed by atoms with Gasteiger partial charge in [0.1, 0.15) is 0 Å². The topological polar surface area (TPSA) is 68.0 Å². The third kappa shape index (κ3) is 2.70. The molecule has 0 saturated carbocycles. The molecule has 6 heteroatoms. The molecule has 0 atom stereocenters. The van der Waals surface area contributed by atoms with Crippen molar-refractivity contribution in [2.24, 2.45) is 0 Å². The predicted molar refractivity (Wildman–Crippen MR) is 69.9 cm³/mol. The van der Waals surface area contributed by atoms with Crippen molar-refractivity contribution in [2.75, 3.05) is 11.6 Å². The molecule has 5 nitrogen and oxygen atoms in total. The van der Waals surface area contributed by atoms with E-state index in [4.69, 9.17) is 4.52 Å². The Kier molecular flexibility index (Phi) is 3.66. The molecule has 0 saturated heterocycles. The van der Waals surface area contributed by atoms with Crippen LogP contribution in [0.1, 0.15) is 21.7 Å². The van der Waals surface area contributed by atoms with E-state index < -0.39 is 0 Å². The number of nitrogens with zero attached hydrogens (tertiary/aromatic N) is 2. The average molecular weight is 263 g/mol. The number of aromatic nitrogens is 2. The van der Waals surface area contributed by atoms with E-state index in [1.165, 1.54) is 0 Å². The van der Waals surface area contributed by atoms with Crippen molar-refractivity contribution in [2.45, 2.75) is 18.7 Å². The first-order chi connectivity index (χ1) is 8.60. The largest absolute Gasteiger partial charge is 0.328 e. The Morgan fingerprint density at radius 2 is 2.17 bits per heavy atom. The van der Waals surface area contributed by atoms with Crippen LogP contribution in [-0.4, -0.2) is 22.3 Å². The molecule has 2 rings (SSSR count). The number of amides is 1. The molecular formula is C12H13N3O2S. The minimum absolute atomic E-state index is 0.117. The molecule has 0 spiro atoms. The van der Waals surface area contributed by atoms with Crippen LogP contribution in [0.3, 0.4) is 0 Å². The van der Waals surface area contributed by atoms with Gasteiger partial charge in [-0.1, -0.05) is 11.2 Å². The molecule has 1 aromatic carbocycles. The van der Waals surface area contributed by atoms with Gasteiger partial charge >= 0.3 is 6.01 Å². The van der Waals surface area contributed by atoms with E-state index in [2.05, 4.69) is 15.5 Å². The highest BCUT2D eigenvalue weighted by molar-refractivity contribution is 7.98. The van der Waals surface area contributed by atoms with Gasteiger partial charge in [0.05, 0.1) is 0 Å². The van der Waals surface area contributed by atoms with E-state index in [0.29, 0.717) is 11.4 Å². The van der Waals surface area contributed by atoms with Crippen LogP contribution in [-0.2, 0) is 0 Å². The normalized spacial score (nSPS) is 10.4. The zero-order chi connectivity index (χ0) is 13.1. The van der Waals surface area contributed by atoms with Crippen LogP contribution in [0.25, 0.3) is 0 Å². The van der Waals surface area contributed by atoms with Crippen LogP contribution in [0.5, 0.6) is 0 Å². The fourth-order valence-electron chi connectivity index (χ4n) is 1.49. The summed E-state index contributed by atoms with van der Waals surface area (Å²) in [6.07, 6.45) is 1.97. The number of nitrogens with one attached hydrogen (secondary N) is 1. The number of rotatable bonds is 3. The quantitative estimate of drug-likeness (QED) is 0.862. The van der Waals surface area contributed by atoms with Crippen molar-refractivity contribution in [3.8, 4) is 0 Å². The molecule has 18 heavy (non-hydrogen) atoms. The van der Waals surface area contributed by atoms with E-state index in [9.17, 15) is 4.79 Å². The van der Waals surface area contributed by atoms with Gasteiger partial charge in [0, 0.05) is 10.5 Å². The van der Waals surface area contributed by atoms with Crippen molar-refractivity contribution >= 4 is 23.7 Å². The second-order valence-electron chi connectivity index (χ2n) is 3.78. The number of hydrogen-bond donors (Lipinski definition) is 1. The summed E-state index contributed by atoms with van der Waals surface area (Å²) in [4.78, 5) is 17.0. The Labute approximate surface area is 109 Å². The molecule has 0 bridgehead atoms. The van der Waals surface area contributed by atoms with E-state index >= 15 is 0 Å². The Morgan fingerprint density at radius 3 is 2.78 bits per heavy atom. The van der Waals surface area contributed by atoms with E-state index in [1.807, 2.05) is 31.4 Å². The molecule has 1 N–H and O–H groups in total. The van der Waals surface area contributed by atoms with Crippen LogP contribution in [0.2, 0.25) is 0 Å². The van der Waals surface area contributed by atoms with Crippen LogP contribution >= 0.6 is 11.8 Å². The summed E-state index contributed by atoms with van der Waals surface area (Å²) in [7, 11) is 0. The minimum atomic E-state index is -0.243. The number of benzene rings is 1. The molecule has 0 aliphatic rings. The highest BCUT2D eigenvalue weighted by Gasteiger charge is 2.13. The molecule has 0 fully saturated rings. The smallest absolute Gasteiger partial charge is 0.315 e. The summed E-state index contributed by atoms with van der Waals surface area (Å²) in [5, 5.41) is 6.20. The fraction of sp³-hybridized carbons (Fsp3) is 0.250. The highest BCUT2D eigenvalue weighted by atomic mass is 32.2. The third-order valence-electron chi connectivity index (χ3n) is 2.44. The van der Waals surface area contributed by atoms with Crippen molar-refractivity contribution in [1.29, 1.82) is 0 Å². The first-order valence-corrected chi connectivity index (χ1v) is 6.59. The number of anilines is 1. The first-order valence-electron chi connectivity index (χ1n) is 5.36. The van der Waals surface area contributed by atoms with Gasteiger partial charge in [-0.2, -0.15) is 4.98 Å². The van der Waals surface area contributed by atoms with Gasteiger partial charge in [0.15, 0.2) is 5.82 Å². The Bertz CT molecular complexity index is 580. The number of carbonyl (C=O) groups excluding carboxylic acids is 1. The lowest BCUT2D eigenvalue weighted by atomic mass is 10.1. The fourth-order valence-corrected chi connectivity index (χ4v) is 1.92. The van der Waals surface area contributed by atoms with Gasteiger partial charge in [0.2, 0.25) is 0 Å². The van der Waals surface area contributed by atoms with Crippen molar-refractivity contribution < 1.29 is 9.32 Å². The van der Waals surface area contributed by atoms with Crippen molar-refractivity contribution in [1.82, 2.24) is 10.1 Å². The second kappa shape index (κ2) is 5.22. The van der Waals surface area contributed by atoms with E-state index in [1.54, 1.807) is 18.7 Å². The van der Waals surface area contributed by atoms with Gasteiger partial charge in [-0.25, -0.2) is 0 Å². The van der Waals surface area contributed by atoms with E-state index in [0.717, 1.165) is 10.5 Å². The first kappa shape index (κ1) is 12.6. The average Bonchev–Trinajstić information content (AvgIpc) is 2.75. The summed E-state index contributed by atoms with van der Waals surface area (Å²) in [6.45, 7) is 3.58. The SMILES string of the molecule is CSc1ccc(C)c(C(=O)Nc2nc(C)no2)c1. The summed E-state index contributed by atoms with van der Waals surface area (Å²) >= 11 is 1.59. The van der Waals surface area contributed by atoms with Gasteiger partial charge in [-0.05, 0) is 37.8 Å². The molecule has 0 aliphatic carbocycles. The molecule has 94 valence electrons. The van der Waals surface area contributed by atoms with Gasteiger partial charge in [0.25, 0.3) is 5.91 Å². The molecular weight excluding hydrogens is 250 g/mol. The Hall–Kier alpha value is -1.82. The lowest BCUT2D eigenvalue weighted by Gasteiger charge is -2.06. The minimum Gasteiger partial charge on any atom is -0.315 e. The zero-order valence-corrected chi connectivity index (χ0v) is 11.2. The Morgan fingerprint density at radius 1 is 1.39 bits per heavy atom.